The van der Waals surface area contributed by atoms with E-state index in [9.17, 15) is 13.2 Å². The van der Waals surface area contributed by atoms with Gasteiger partial charge in [0.25, 0.3) is 9.05 Å². The molecule has 1 atom stereocenters. The molecule has 0 fully saturated rings. The van der Waals surface area contributed by atoms with Crippen LogP contribution in [-0.4, -0.2) is 28.6 Å². The Bertz CT molecular complexity index is 638. The van der Waals surface area contributed by atoms with Crippen LogP contribution < -0.4 is 4.74 Å². The Balaban J connectivity index is 2.73. The van der Waals surface area contributed by atoms with Crippen LogP contribution in [0.5, 0.6) is 5.75 Å². The molecule has 7 heteroatoms. The molecular weight excluding hydrogens is 304 g/mol. The molecule has 0 N–H and O–H groups in total. The Morgan fingerprint density at radius 2 is 2.05 bits per heavy atom. The van der Waals surface area contributed by atoms with Crippen molar-refractivity contribution in [1.29, 1.82) is 0 Å². The summed E-state index contributed by atoms with van der Waals surface area (Å²) in [4.78, 5) is 11.9. The Hall–Kier alpha value is -1.27. The highest BCUT2D eigenvalue weighted by atomic mass is 35.7. The summed E-state index contributed by atoms with van der Waals surface area (Å²) in [6, 6.07) is 2.94. The minimum Gasteiger partial charge on any atom is -0.496 e. The van der Waals surface area contributed by atoms with E-state index in [2.05, 4.69) is 0 Å². The Labute approximate surface area is 122 Å². The van der Waals surface area contributed by atoms with Gasteiger partial charge < -0.3 is 9.47 Å². The van der Waals surface area contributed by atoms with E-state index in [1.807, 2.05) is 0 Å². The average molecular weight is 319 g/mol. The monoisotopic (exact) mass is 318 g/mol. The van der Waals surface area contributed by atoms with Gasteiger partial charge in [-0.05, 0) is 42.5 Å². The second-order valence-corrected chi connectivity index (χ2v) is 7.10. The normalized spacial score (nSPS) is 18.2. The molecule has 1 aliphatic rings. The summed E-state index contributed by atoms with van der Waals surface area (Å²) in [7, 11) is 4.34. The van der Waals surface area contributed by atoms with Crippen molar-refractivity contribution < 1.29 is 22.7 Å². The molecular formula is C13H15ClO5S. The van der Waals surface area contributed by atoms with E-state index >= 15 is 0 Å². The second kappa shape index (κ2) is 5.61. The lowest BCUT2D eigenvalue weighted by molar-refractivity contribution is -0.142. The summed E-state index contributed by atoms with van der Waals surface area (Å²) in [6.45, 7) is 0. The quantitative estimate of drug-likeness (QED) is 0.631. The summed E-state index contributed by atoms with van der Waals surface area (Å²) in [5, 5.41) is 0. The molecule has 0 heterocycles. The lowest BCUT2D eigenvalue weighted by atomic mass is 9.82. The average Bonchev–Trinajstić information content (AvgIpc) is 2.43. The number of carbonyl (C=O) groups is 1. The van der Waals surface area contributed by atoms with E-state index in [-0.39, 0.29) is 4.90 Å². The summed E-state index contributed by atoms with van der Waals surface area (Å²) in [5.74, 6) is -0.513. The smallest absolute Gasteiger partial charge is 0.313 e. The van der Waals surface area contributed by atoms with Crippen molar-refractivity contribution in [3.8, 4) is 5.75 Å². The van der Waals surface area contributed by atoms with E-state index < -0.39 is 20.9 Å². The fourth-order valence-corrected chi connectivity index (χ4v) is 3.83. The molecule has 0 radical (unpaired) electrons. The first-order valence-corrected chi connectivity index (χ1v) is 8.43. The zero-order chi connectivity index (χ0) is 14.9. The van der Waals surface area contributed by atoms with Crippen LogP contribution in [-0.2, 0) is 25.0 Å². The first-order chi connectivity index (χ1) is 9.40. The van der Waals surface area contributed by atoms with Crippen molar-refractivity contribution in [2.75, 3.05) is 14.2 Å². The van der Waals surface area contributed by atoms with Crippen LogP contribution in [0.25, 0.3) is 0 Å². The molecule has 0 amide bonds. The highest BCUT2D eigenvalue weighted by Gasteiger charge is 2.34. The highest BCUT2D eigenvalue weighted by molar-refractivity contribution is 8.13. The summed E-state index contributed by atoms with van der Waals surface area (Å²) in [6.07, 6.45) is 1.94. The minimum atomic E-state index is -3.94. The van der Waals surface area contributed by atoms with Crippen molar-refractivity contribution in [3.63, 3.8) is 0 Å². The number of methoxy groups -OCH3 is 2. The highest BCUT2D eigenvalue weighted by Crippen LogP contribution is 2.41. The summed E-state index contributed by atoms with van der Waals surface area (Å²) >= 11 is 0. The first-order valence-electron chi connectivity index (χ1n) is 6.12. The van der Waals surface area contributed by atoms with Gasteiger partial charge in [0.1, 0.15) is 5.75 Å². The number of carbonyl (C=O) groups excluding carboxylic acids is 1. The molecule has 0 aliphatic heterocycles. The molecule has 20 heavy (non-hydrogen) atoms. The number of esters is 1. The predicted octanol–water partition coefficient (Wildman–Crippen LogP) is 2.22. The van der Waals surface area contributed by atoms with E-state index in [1.165, 1.54) is 20.3 Å². The van der Waals surface area contributed by atoms with Gasteiger partial charge in [-0.3, -0.25) is 4.79 Å². The Kier molecular flexibility index (Phi) is 4.25. The van der Waals surface area contributed by atoms with Crippen molar-refractivity contribution in [2.24, 2.45) is 0 Å². The van der Waals surface area contributed by atoms with Crippen molar-refractivity contribution in [2.45, 2.75) is 30.1 Å². The number of benzene rings is 1. The fraction of sp³-hybridized carbons (Fsp3) is 0.462. The summed E-state index contributed by atoms with van der Waals surface area (Å²) < 4.78 is 33.5. The van der Waals surface area contributed by atoms with Crippen LogP contribution in [0, 0.1) is 0 Å². The lowest BCUT2D eigenvalue weighted by Gasteiger charge is -2.26. The van der Waals surface area contributed by atoms with E-state index in [4.69, 9.17) is 20.2 Å². The van der Waals surface area contributed by atoms with Gasteiger partial charge in [-0.25, -0.2) is 8.42 Å². The van der Waals surface area contributed by atoms with Gasteiger partial charge in [0.15, 0.2) is 0 Å². The van der Waals surface area contributed by atoms with Crippen molar-refractivity contribution >= 4 is 25.7 Å². The minimum absolute atomic E-state index is 0.0370. The third-order valence-corrected chi connectivity index (χ3v) is 4.89. The van der Waals surface area contributed by atoms with Gasteiger partial charge in [0, 0.05) is 10.7 Å². The molecule has 0 saturated carbocycles. The van der Waals surface area contributed by atoms with Crippen LogP contribution in [0.2, 0.25) is 0 Å². The maximum absolute atomic E-state index is 11.9. The third-order valence-electron chi connectivity index (χ3n) is 3.51. The lowest BCUT2D eigenvalue weighted by Crippen LogP contribution is -2.22. The van der Waals surface area contributed by atoms with E-state index in [0.717, 1.165) is 12.0 Å². The summed E-state index contributed by atoms with van der Waals surface area (Å²) in [5.41, 5.74) is 1.13. The van der Waals surface area contributed by atoms with Gasteiger partial charge in [-0.15, -0.1) is 0 Å². The number of fused-ring (bicyclic) bond motifs is 1. The van der Waals surface area contributed by atoms with Crippen LogP contribution in [0.3, 0.4) is 0 Å². The zero-order valence-corrected chi connectivity index (χ0v) is 12.8. The molecule has 2 rings (SSSR count). The molecule has 1 aromatic carbocycles. The topological polar surface area (TPSA) is 69.7 Å². The molecule has 5 nitrogen and oxygen atoms in total. The molecule has 0 spiro atoms. The number of halogens is 1. The Morgan fingerprint density at radius 3 is 2.60 bits per heavy atom. The van der Waals surface area contributed by atoms with E-state index in [1.54, 1.807) is 6.07 Å². The van der Waals surface area contributed by atoms with Gasteiger partial charge in [0.05, 0.1) is 25.0 Å². The van der Waals surface area contributed by atoms with Crippen molar-refractivity contribution in [1.82, 2.24) is 0 Å². The van der Waals surface area contributed by atoms with E-state index in [0.29, 0.717) is 24.2 Å². The number of rotatable bonds is 3. The number of hydrogen-bond acceptors (Lipinski definition) is 5. The maximum atomic E-state index is 11.9. The molecule has 1 aliphatic carbocycles. The molecule has 0 saturated heterocycles. The maximum Gasteiger partial charge on any atom is 0.313 e. The predicted molar refractivity (Wildman–Crippen MR) is 73.7 cm³/mol. The largest absolute Gasteiger partial charge is 0.496 e. The zero-order valence-electron chi connectivity index (χ0n) is 11.2. The molecule has 1 unspecified atom stereocenters. The molecule has 110 valence electrons. The van der Waals surface area contributed by atoms with Crippen LogP contribution in [0.4, 0.5) is 0 Å². The fourth-order valence-electron chi connectivity index (χ4n) is 2.67. The van der Waals surface area contributed by atoms with Crippen molar-refractivity contribution in [3.05, 3.63) is 23.3 Å². The Morgan fingerprint density at radius 1 is 1.35 bits per heavy atom. The van der Waals surface area contributed by atoms with Crippen LogP contribution in [0.15, 0.2) is 17.0 Å². The van der Waals surface area contributed by atoms with Crippen LogP contribution >= 0.6 is 10.7 Å². The number of hydrogen-bond donors (Lipinski definition) is 0. The standard InChI is InChI=1S/C13H15ClO5S/c1-18-10-6-7-11(20(14,16)17)12-8(10)4-3-5-9(12)13(15)19-2/h6-7,9H,3-5H2,1-2H3. The first kappa shape index (κ1) is 15.1. The van der Waals surface area contributed by atoms with Gasteiger partial charge >= 0.3 is 5.97 Å². The molecule has 0 bridgehead atoms. The van der Waals surface area contributed by atoms with Gasteiger partial charge in [-0.1, -0.05) is 0 Å². The van der Waals surface area contributed by atoms with Crippen LogP contribution in [0.1, 0.15) is 29.9 Å². The molecule has 1 aromatic rings. The third kappa shape index (κ3) is 2.62. The van der Waals surface area contributed by atoms with Gasteiger partial charge in [-0.2, -0.15) is 0 Å². The van der Waals surface area contributed by atoms with Gasteiger partial charge in [0.2, 0.25) is 0 Å². The molecule has 0 aromatic heterocycles. The number of ether oxygens (including phenoxy) is 2. The SMILES string of the molecule is COC(=O)C1CCCc2c(OC)ccc(S(=O)(=O)Cl)c21. The second-order valence-electron chi connectivity index (χ2n) is 4.56.